The largest absolute Gasteiger partial charge is 0.478 e. The summed E-state index contributed by atoms with van der Waals surface area (Å²) in [7, 11) is 0. The van der Waals surface area contributed by atoms with Crippen molar-refractivity contribution in [3.8, 4) is 11.3 Å². The average Bonchev–Trinajstić information content (AvgIpc) is 3.46. The summed E-state index contributed by atoms with van der Waals surface area (Å²) >= 11 is 6.16. The topological polar surface area (TPSA) is 95.1 Å². The molecule has 1 fully saturated rings. The van der Waals surface area contributed by atoms with Gasteiger partial charge in [-0.25, -0.2) is 10.2 Å². The van der Waals surface area contributed by atoms with E-state index in [0.717, 1.165) is 18.8 Å². The van der Waals surface area contributed by atoms with Crippen LogP contribution in [0.4, 0.5) is 5.69 Å². The number of nitrogens with one attached hydrogen (secondary N) is 1. The van der Waals surface area contributed by atoms with Crippen molar-refractivity contribution in [2.45, 2.75) is 12.8 Å². The number of hydrogen-bond acceptors (Lipinski definition) is 5. The van der Waals surface area contributed by atoms with Crippen LogP contribution in [0.15, 0.2) is 64.1 Å². The number of hydrazone groups is 1. The van der Waals surface area contributed by atoms with E-state index in [-0.39, 0.29) is 11.5 Å². The Morgan fingerprint density at radius 1 is 1.03 bits per heavy atom. The van der Waals surface area contributed by atoms with Gasteiger partial charge in [-0.2, -0.15) is 5.10 Å². The molecule has 0 aliphatic carbocycles. The fourth-order valence-electron chi connectivity index (χ4n) is 3.43. The number of carbonyl (C=O) groups excluding carboxylic acids is 1. The third kappa shape index (κ3) is 4.78. The minimum absolute atomic E-state index is 0.106. The predicted molar refractivity (Wildman–Crippen MR) is 119 cm³/mol. The summed E-state index contributed by atoms with van der Waals surface area (Å²) in [4.78, 5) is 25.8. The fraction of sp³-hybridized carbons (Fsp3) is 0.174. The fourth-order valence-corrected chi connectivity index (χ4v) is 3.64. The van der Waals surface area contributed by atoms with Crippen LogP contribution >= 0.6 is 11.6 Å². The summed E-state index contributed by atoms with van der Waals surface area (Å²) in [6, 6.07) is 15.1. The molecule has 1 amide bonds. The first-order valence-corrected chi connectivity index (χ1v) is 10.2. The molecule has 2 N–H and O–H groups in total. The molecule has 0 saturated carbocycles. The number of hydrogen-bond donors (Lipinski definition) is 2. The Labute approximate surface area is 183 Å². The van der Waals surface area contributed by atoms with Crippen LogP contribution in [0.3, 0.4) is 0 Å². The maximum atomic E-state index is 12.3. The van der Waals surface area contributed by atoms with Crippen molar-refractivity contribution in [2.24, 2.45) is 5.10 Å². The number of furan rings is 1. The summed E-state index contributed by atoms with van der Waals surface area (Å²) in [6.07, 6.45) is 3.76. The number of nitrogens with zero attached hydrogens (tertiary/aromatic N) is 2. The Morgan fingerprint density at radius 3 is 2.45 bits per heavy atom. The molecule has 7 nitrogen and oxygen atoms in total. The number of anilines is 1. The molecule has 1 aliphatic heterocycles. The van der Waals surface area contributed by atoms with Gasteiger partial charge in [0.25, 0.3) is 5.91 Å². The molecular formula is C23H20ClN3O4. The highest BCUT2D eigenvalue weighted by Crippen LogP contribution is 2.30. The van der Waals surface area contributed by atoms with Gasteiger partial charge >= 0.3 is 5.97 Å². The van der Waals surface area contributed by atoms with Gasteiger partial charge in [0.1, 0.15) is 11.5 Å². The first-order chi connectivity index (χ1) is 15.0. The monoisotopic (exact) mass is 437 g/mol. The van der Waals surface area contributed by atoms with Crippen LogP contribution in [-0.2, 0) is 0 Å². The number of rotatable bonds is 6. The lowest BCUT2D eigenvalue weighted by molar-refractivity contribution is 0.0696. The molecule has 1 aromatic heterocycles. The van der Waals surface area contributed by atoms with Gasteiger partial charge in [-0.3, -0.25) is 4.79 Å². The number of halogens is 1. The molecule has 2 aromatic carbocycles. The first kappa shape index (κ1) is 20.7. The van der Waals surface area contributed by atoms with Crippen LogP contribution in [0.25, 0.3) is 11.3 Å². The smallest absolute Gasteiger partial charge is 0.335 e. The van der Waals surface area contributed by atoms with Crippen molar-refractivity contribution in [3.05, 3.63) is 76.5 Å². The zero-order valence-electron chi connectivity index (χ0n) is 16.5. The molecule has 31 heavy (non-hydrogen) atoms. The summed E-state index contributed by atoms with van der Waals surface area (Å²) in [5.41, 5.74) is 4.67. The number of amides is 1. The first-order valence-electron chi connectivity index (χ1n) is 9.83. The van der Waals surface area contributed by atoms with Crippen molar-refractivity contribution < 1.29 is 19.1 Å². The molecule has 0 atom stereocenters. The molecule has 0 unspecified atom stereocenters. The molecule has 1 saturated heterocycles. The van der Waals surface area contributed by atoms with E-state index in [0.29, 0.717) is 27.7 Å². The lowest BCUT2D eigenvalue weighted by Gasteiger charge is -2.17. The van der Waals surface area contributed by atoms with Crippen molar-refractivity contribution in [1.29, 1.82) is 0 Å². The lowest BCUT2D eigenvalue weighted by Crippen LogP contribution is -2.19. The quantitative estimate of drug-likeness (QED) is 0.432. The highest BCUT2D eigenvalue weighted by Gasteiger charge is 2.14. The van der Waals surface area contributed by atoms with Crippen molar-refractivity contribution in [2.75, 3.05) is 18.0 Å². The highest BCUT2D eigenvalue weighted by atomic mass is 35.5. The molecule has 0 spiro atoms. The summed E-state index contributed by atoms with van der Waals surface area (Å²) in [5, 5.41) is 13.5. The zero-order valence-corrected chi connectivity index (χ0v) is 17.3. The van der Waals surface area contributed by atoms with Crippen LogP contribution in [0, 0.1) is 0 Å². The van der Waals surface area contributed by atoms with Gasteiger partial charge in [-0.05, 0) is 67.4 Å². The number of benzene rings is 2. The SMILES string of the molecule is O=C(O)c1ccc(Cl)c(-c2ccc(/C=N\NC(=O)c3ccc(N4CCCC4)cc3)o2)c1. The number of carboxylic acid groups (broad SMARTS) is 1. The molecular weight excluding hydrogens is 418 g/mol. The van der Waals surface area contributed by atoms with Crippen LogP contribution in [-0.4, -0.2) is 36.3 Å². The Hall–Kier alpha value is -3.58. The average molecular weight is 438 g/mol. The second kappa shape index (κ2) is 9.06. The standard InChI is InChI=1S/C23H20ClN3O4/c24-20-9-5-16(23(29)30)13-19(20)21-10-8-18(31-21)14-25-26-22(28)15-3-6-17(7-4-15)27-11-1-2-12-27/h3-10,13-14H,1-2,11-12H2,(H,26,28)(H,29,30)/b25-14-. The summed E-state index contributed by atoms with van der Waals surface area (Å²) in [6.45, 7) is 2.10. The van der Waals surface area contributed by atoms with Crippen LogP contribution in [0.1, 0.15) is 39.3 Å². The van der Waals surface area contributed by atoms with Gasteiger partial charge in [0.15, 0.2) is 0 Å². The Bertz CT molecular complexity index is 1130. The van der Waals surface area contributed by atoms with E-state index >= 15 is 0 Å². The normalized spacial score (nSPS) is 13.6. The van der Waals surface area contributed by atoms with Gasteiger partial charge < -0.3 is 14.4 Å². The molecule has 0 radical (unpaired) electrons. The minimum atomic E-state index is -1.05. The molecule has 0 bridgehead atoms. The Kier molecular flexibility index (Phi) is 6.04. The van der Waals surface area contributed by atoms with Gasteiger partial charge in [-0.1, -0.05) is 11.6 Å². The summed E-state index contributed by atoms with van der Waals surface area (Å²) in [5.74, 6) is -0.592. The van der Waals surface area contributed by atoms with Gasteiger partial charge in [0, 0.05) is 29.9 Å². The second-order valence-electron chi connectivity index (χ2n) is 7.14. The van der Waals surface area contributed by atoms with Crippen LogP contribution in [0.5, 0.6) is 0 Å². The third-order valence-electron chi connectivity index (χ3n) is 5.06. The lowest BCUT2D eigenvalue weighted by atomic mass is 10.1. The number of carbonyl (C=O) groups is 2. The Balaban J connectivity index is 1.40. The Morgan fingerprint density at radius 2 is 1.74 bits per heavy atom. The highest BCUT2D eigenvalue weighted by molar-refractivity contribution is 6.33. The van der Waals surface area contributed by atoms with E-state index in [4.69, 9.17) is 21.1 Å². The van der Waals surface area contributed by atoms with Gasteiger partial charge in [-0.15, -0.1) is 0 Å². The molecule has 8 heteroatoms. The molecule has 3 aromatic rings. The maximum absolute atomic E-state index is 12.3. The zero-order chi connectivity index (χ0) is 21.8. The second-order valence-corrected chi connectivity index (χ2v) is 7.55. The number of aromatic carboxylic acids is 1. The number of carboxylic acids is 1. The van der Waals surface area contributed by atoms with Gasteiger partial charge in [0.05, 0.1) is 16.8 Å². The molecule has 4 rings (SSSR count). The van der Waals surface area contributed by atoms with Crippen LogP contribution in [0.2, 0.25) is 5.02 Å². The molecule has 2 heterocycles. The third-order valence-corrected chi connectivity index (χ3v) is 5.39. The van der Waals surface area contributed by atoms with Crippen molar-refractivity contribution >= 4 is 35.4 Å². The minimum Gasteiger partial charge on any atom is -0.478 e. The molecule has 1 aliphatic rings. The van der Waals surface area contributed by atoms with E-state index in [1.165, 1.54) is 37.3 Å². The maximum Gasteiger partial charge on any atom is 0.335 e. The van der Waals surface area contributed by atoms with E-state index in [9.17, 15) is 9.59 Å². The van der Waals surface area contributed by atoms with Crippen molar-refractivity contribution in [1.82, 2.24) is 5.43 Å². The summed E-state index contributed by atoms with van der Waals surface area (Å²) < 4.78 is 5.66. The van der Waals surface area contributed by atoms with E-state index in [2.05, 4.69) is 15.4 Å². The predicted octanol–water partition coefficient (Wildman–Crippen LogP) is 4.66. The molecule has 158 valence electrons. The van der Waals surface area contributed by atoms with Crippen molar-refractivity contribution in [3.63, 3.8) is 0 Å². The van der Waals surface area contributed by atoms with E-state index < -0.39 is 5.97 Å². The van der Waals surface area contributed by atoms with E-state index in [1.54, 1.807) is 24.3 Å². The van der Waals surface area contributed by atoms with E-state index in [1.807, 2.05) is 12.1 Å². The van der Waals surface area contributed by atoms with Gasteiger partial charge in [0.2, 0.25) is 0 Å². The van der Waals surface area contributed by atoms with Crippen LogP contribution < -0.4 is 10.3 Å².